The molecule has 2 aromatic heterocycles. The lowest BCUT2D eigenvalue weighted by atomic mass is 9.91. The molecule has 0 aromatic carbocycles. The van der Waals surface area contributed by atoms with Gasteiger partial charge in [0.05, 0.1) is 0 Å². The van der Waals surface area contributed by atoms with Crippen LogP contribution in [-0.2, 0) is 12.0 Å². The molecule has 25 heavy (non-hydrogen) atoms. The summed E-state index contributed by atoms with van der Waals surface area (Å²) < 4.78 is 0. The molecule has 2 aromatic rings. The minimum Gasteiger partial charge on any atom is -0.476 e. The summed E-state index contributed by atoms with van der Waals surface area (Å²) in [6.45, 7) is 9.41. The van der Waals surface area contributed by atoms with E-state index in [0.717, 1.165) is 43.9 Å². The number of hydrogen-bond donors (Lipinski definition) is 2. The van der Waals surface area contributed by atoms with Crippen LogP contribution in [-0.4, -0.2) is 44.2 Å². The Balaban J connectivity index is 1.54. The van der Waals surface area contributed by atoms with Gasteiger partial charge in [0.25, 0.3) is 0 Å². The number of H-pyrrole nitrogens is 1. The van der Waals surface area contributed by atoms with E-state index < -0.39 is 5.97 Å². The molecule has 0 aliphatic carbocycles. The van der Waals surface area contributed by atoms with Crippen molar-refractivity contribution in [1.82, 2.24) is 20.1 Å². The molecule has 0 radical (unpaired) electrons. The smallest absolute Gasteiger partial charge is 0.356 e. The van der Waals surface area contributed by atoms with Crippen molar-refractivity contribution in [3.8, 4) is 0 Å². The largest absolute Gasteiger partial charge is 0.476 e. The third kappa shape index (κ3) is 4.25. The van der Waals surface area contributed by atoms with Crippen LogP contribution in [0.15, 0.2) is 24.4 Å². The summed E-state index contributed by atoms with van der Waals surface area (Å²) in [5.41, 5.74) is 3.47. The van der Waals surface area contributed by atoms with E-state index in [1.54, 1.807) is 6.07 Å². The molecule has 0 spiro atoms. The second kappa shape index (κ2) is 6.96. The highest BCUT2D eigenvalue weighted by Gasteiger charge is 2.23. The number of rotatable bonds is 4. The maximum atomic E-state index is 10.9. The van der Waals surface area contributed by atoms with Gasteiger partial charge in [-0.3, -0.25) is 15.0 Å². The molecule has 1 saturated heterocycles. The second-order valence-electron chi connectivity index (χ2n) is 7.87. The molecule has 2 N–H and O–H groups in total. The Labute approximate surface area is 148 Å². The average Bonchev–Trinajstić information content (AvgIpc) is 3.05. The van der Waals surface area contributed by atoms with Crippen LogP contribution in [0.4, 0.5) is 0 Å². The number of aromatic nitrogens is 3. The summed E-state index contributed by atoms with van der Waals surface area (Å²) in [6.07, 6.45) is 4.00. The number of nitrogens with zero attached hydrogens (tertiary/aromatic N) is 3. The monoisotopic (exact) mass is 342 g/mol. The summed E-state index contributed by atoms with van der Waals surface area (Å²) in [5, 5.41) is 15.7. The van der Waals surface area contributed by atoms with Crippen LogP contribution in [0.1, 0.15) is 67.0 Å². The third-order valence-electron chi connectivity index (χ3n) is 4.84. The topological polar surface area (TPSA) is 82.1 Å². The van der Waals surface area contributed by atoms with Crippen LogP contribution >= 0.6 is 0 Å². The predicted octanol–water partition coefficient (Wildman–Crippen LogP) is 3.18. The standard InChI is InChI=1S/C19H26N4O2/c1-19(2,3)17-5-4-13(11-20-17)12-23-8-6-14(7-9-23)15-10-16(18(24)25)22-21-15/h4-5,10-11,14H,6-9,12H2,1-3H3,(H,21,22)(H,24,25). The van der Waals surface area contributed by atoms with Crippen molar-refractivity contribution in [1.29, 1.82) is 0 Å². The Hall–Kier alpha value is -2.21. The Morgan fingerprint density at radius 1 is 1.32 bits per heavy atom. The molecule has 134 valence electrons. The van der Waals surface area contributed by atoms with Gasteiger partial charge in [-0.05, 0) is 43.6 Å². The quantitative estimate of drug-likeness (QED) is 0.892. The van der Waals surface area contributed by atoms with Gasteiger partial charge in [0, 0.05) is 35.5 Å². The van der Waals surface area contributed by atoms with Crippen LogP contribution in [0.2, 0.25) is 0 Å². The Kier molecular flexibility index (Phi) is 4.90. The maximum Gasteiger partial charge on any atom is 0.356 e. The molecule has 6 nitrogen and oxygen atoms in total. The highest BCUT2D eigenvalue weighted by Crippen LogP contribution is 2.28. The minimum absolute atomic E-state index is 0.0791. The summed E-state index contributed by atoms with van der Waals surface area (Å²) in [7, 11) is 0. The predicted molar refractivity (Wildman–Crippen MR) is 95.7 cm³/mol. The van der Waals surface area contributed by atoms with Gasteiger partial charge in [-0.15, -0.1) is 0 Å². The molecule has 3 heterocycles. The molecule has 0 amide bonds. The van der Waals surface area contributed by atoms with Crippen LogP contribution in [0.25, 0.3) is 0 Å². The fourth-order valence-electron chi connectivity index (χ4n) is 3.28. The molecule has 1 aliphatic rings. The van der Waals surface area contributed by atoms with Crippen molar-refractivity contribution >= 4 is 5.97 Å². The molecule has 0 saturated carbocycles. The average molecular weight is 342 g/mol. The molecule has 0 bridgehead atoms. The zero-order chi connectivity index (χ0) is 18.0. The second-order valence-corrected chi connectivity index (χ2v) is 7.87. The first kappa shape index (κ1) is 17.6. The first-order chi connectivity index (χ1) is 11.8. The number of carboxylic acids is 1. The van der Waals surface area contributed by atoms with Crippen molar-refractivity contribution in [3.63, 3.8) is 0 Å². The number of piperidine rings is 1. The molecule has 1 aliphatic heterocycles. The van der Waals surface area contributed by atoms with Gasteiger partial charge in [-0.2, -0.15) is 5.10 Å². The van der Waals surface area contributed by atoms with E-state index in [-0.39, 0.29) is 11.1 Å². The summed E-state index contributed by atoms with van der Waals surface area (Å²) >= 11 is 0. The number of aromatic carboxylic acids is 1. The summed E-state index contributed by atoms with van der Waals surface area (Å²) in [5.74, 6) is -0.621. The van der Waals surface area contributed by atoms with E-state index in [9.17, 15) is 4.79 Å². The number of aromatic amines is 1. The third-order valence-corrected chi connectivity index (χ3v) is 4.84. The highest BCUT2D eigenvalue weighted by atomic mass is 16.4. The number of likely N-dealkylation sites (tertiary alicyclic amines) is 1. The van der Waals surface area contributed by atoms with E-state index in [1.165, 1.54) is 5.56 Å². The molecular formula is C19H26N4O2. The van der Waals surface area contributed by atoms with E-state index >= 15 is 0 Å². The molecule has 0 atom stereocenters. The van der Waals surface area contributed by atoms with Crippen molar-refractivity contribution < 1.29 is 9.90 Å². The van der Waals surface area contributed by atoms with Crippen LogP contribution < -0.4 is 0 Å². The van der Waals surface area contributed by atoms with E-state index in [2.05, 4.69) is 53.0 Å². The Morgan fingerprint density at radius 3 is 2.56 bits per heavy atom. The van der Waals surface area contributed by atoms with Crippen LogP contribution in [0, 0.1) is 0 Å². The van der Waals surface area contributed by atoms with Gasteiger partial charge >= 0.3 is 5.97 Å². The van der Waals surface area contributed by atoms with Gasteiger partial charge in [-0.1, -0.05) is 26.8 Å². The lowest BCUT2D eigenvalue weighted by molar-refractivity contribution is 0.0690. The van der Waals surface area contributed by atoms with Gasteiger partial charge < -0.3 is 5.11 Å². The Bertz CT molecular complexity index is 723. The van der Waals surface area contributed by atoms with Crippen molar-refractivity contribution in [2.75, 3.05) is 13.1 Å². The SMILES string of the molecule is CC(C)(C)c1ccc(CN2CCC(c3cc(C(=O)O)n[nH]3)CC2)cn1. The van der Waals surface area contributed by atoms with Crippen molar-refractivity contribution in [2.24, 2.45) is 0 Å². The first-order valence-electron chi connectivity index (χ1n) is 8.79. The lowest BCUT2D eigenvalue weighted by Gasteiger charge is -2.31. The fraction of sp³-hybridized carbons (Fsp3) is 0.526. The fourth-order valence-corrected chi connectivity index (χ4v) is 3.28. The molecule has 6 heteroatoms. The minimum atomic E-state index is -0.980. The number of carbonyl (C=O) groups is 1. The van der Waals surface area contributed by atoms with Gasteiger partial charge in [-0.25, -0.2) is 4.79 Å². The molecular weight excluding hydrogens is 316 g/mol. The molecule has 3 rings (SSSR count). The number of hydrogen-bond acceptors (Lipinski definition) is 4. The van der Waals surface area contributed by atoms with Gasteiger partial charge in [0.15, 0.2) is 5.69 Å². The summed E-state index contributed by atoms with van der Waals surface area (Å²) in [6, 6.07) is 5.96. The highest BCUT2D eigenvalue weighted by molar-refractivity contribution is 5.85. The maximum absolute atomic E-state index is 10.9. The van der Waals surface area contributed by atoms with E-state index in [4.69, 9.17) is 5.11 Å². The number of nitrogens with one attached hydrogen (secondary N) is 1. The summed E-state index contributed by atoms with van der Waals surface area (Å²) in [4.78, 5) is 18.0. The molecule has 1 fully saturated rings. The van der Waals surface area contributed by atoms with Crippen molar-refractivity contribution in [3.05, 3.63) is 47.0 Å². The number of carboxylic acid groups (broad SMARTS) is 1. The Morgan fingerprint density at radius 2 is 2.04 bits per heavy atom. The van der Waals surface area contributed by atoms with Crippen molar-refractivity contribution in [2.45, 2.75) is 51.5 Å². The lowest BCUT2D eigenvalue weighted by Crippen LogP contribution is -2.32. The normalized spacial score (nSPS) is 16.9. The number of pyridine rings is 1. The van der Waals surface area contributed by atoms with Gasteiger partial charge in [0.2, 0.25) is 0 Å². The molecule has 0 unspecified atom stereocenters. The van der Waals surface area contributed by atoms with E-state index in [1.807, 2.05) is 6.20 Å². The zero-order valence-corrected chi connectivity index (χ0v) is 15.1. The van der Waals surface area contributed by atoms with E-state index in [0.29, 0.717) is 5.92 Å². The van der Waals surface area contributed by atoms with Crippen LogP contribution in [0.5, 0.6) is 0 Å². The van der Waals surface area contributed by atoms with Gasteiger partial charge in [0.1, 0.15) is 0 Å². The van der Waals surface area contributed by atoms with Crippen LogP contribution in [0.3, 0.4) is 0 Å². The first-order valence-corrected chi connectivity index (χ1v) is 8.79. The zero-order valence-electron chi connectivity index (χ0n) is 15.1.